The summed E-state index contributed by atoms with van der Waals surface area (Å²) in [6, 6.07) is 8.27. The van der Waals surface area contributed by atoms with E-state index in [9.17, 15) is 9.59 Å². The molecule has 6 nitrogen and oxygen atoms in total. The minimum atomic E-state index is -0.292. The van der Waals surface area contributed by atoms with Crippen molar-refractivity contribution in [1.29, 1.82) is 0 Å². The van der Waals surface area contributed by atoms with Crippen LogP contribution < -0.4 is 10.6 Å². The van der Waals surface area contributed by atoms with E-state index in [1.807, 2.05) is 12.1 Å². The molecule has 0 spiro atoms. The molecule has 6 heteroatoms. The molecule has 0 radical (unpaired) electrons. The van der Waals surface area contributed by atoms with E-state index < -0.39 is 0 Å². The molecule has 2 amide bonds. The van der Waals surface area contributed by atoms with E-state index in [2.05, 4.69) is 32.7 Å². The van der Waals surface area contributed by atoms with Crippen LogP contribution >= 0.6 is 0 Å². The van der Waals surface area contributed by atoms with Gasteiger partial charge in [-0.05, 0) is 36.8 Å². The molecule has 0 saturated heterocycles. The highest BCUT2D eigenvalue weighted by molar-refractivity contribution is 6.01. The minimum Gasteiger partial charge on any atom is -0.347 e. The fourth-order valence-electron chi connectivity index (χ4n) is 4.09. The monoisotopic (exact) mass is 364 g/mol. The summed E-state index contributed by atoms with van der Waals surface area (Å²) in [6.45, 7) is 0. The Labute approximate surface area is 158 Å². The lowest BCUT2D eigenvalue weighted by Gasteiger charge is -2.21. The van der Waals surface area contributed by atoms with Crippen molar-refractivity contribution in [2.75, 3.05) is 5.32 Å². The molecule has 0 bridgehead atoms. The number of aromatic nitrogens is 2. The number of nitrogens with one attached hydrogen (secondary N) is 2. The lowest BCUT2D eigenvalue weighted by Crippen LogP contribution is -2.36. The second-order valence-electron chi connectivity index (χ2n) is 7.43. The predicted octanol–water partition coefficient (Wildman–Crippen LogP) is 2.89. The predicted molar refractivity (Wildman–Crippen MR) is 102 cm³/mol. The van der Waals surface area contributed by atoms with E-state index >= 15 is 0 Å². The SMILES string of the molecule is O=C(NC1Cc2ccccc2C1)c1nccnc1NC(=O)C1CCCCC1. The van der Waals surface area contributed by atoms with Gasteiger partial charge < -0.3 is 10.6 Å². The van der Waals surface area contributed by atoms with Crippen LogP contribution in [0.1, 0.15) is 53.7 Å². The number of amides is 2. The summed E-state index contributed by atoms with van der Waals surface area (Å²) in [6.07, 6.45) is 9.74. The Hall–Kier alpha value is -2.76. The Morgan fingerprint density at radius 2 is 1.59 bits per heavy atom. The topological polar surface area (TPSA) is 84.0 Å². The zero-order valence-corrected chi connectivity index (χ0v) is 15.3. The summed E-state index contributed by atoms with van der Waals surface area (Å²) in [5.74, 6) is -0.0977. The summed E-state index contributed by atoms with van der Waals surface area (Å²) in [7, 11) is 0. The first-order chi connectivity index (χ1) is 13.2. The fraction of sp³-hybridized carbons (Fsp3) is 0.429. The standard InChI is InChI=1S/C21H24N4O2/c26-20(14-6-2-1-3-7-14)25-19-18(22-10-11-23-19)21(27)24-17-12-15-8-4-5-9-16(15)13-17/h4-5,8-11,14,17H,1-3,6-7,12-13H2,(H,24,27)(H,23,25,26). The van der Waals surface area contributed by atoms with E-state index in [4.69, 9.17) is 0 Å². The summed E-state index contributed by atoms with van der Waals surface area (Å²) in [5, 5.41) is 5.87. The molecule has 1 heterocycles. The first-order valence-electron chi connectivity index (χ1n) is 9.70. The van der Waals surface area contributed by atoms with Gasteiger partial charge in [-0.15, -0.1) is 0 Å². The zero-order chi connectivity index (χ0) is 18.6. The van der Waals surface area contributed by atoms with E-state index in [0.29, 0.717) is 0 Å². The number of rotatable bonds is 4. The van der Waals surface area contributed by atoms with Gasteiger partial charge in [0.25, 0.3) is 5.91 Å². The first kappa shape index (κ1) is 17.6. The number of benzene rings is 1. The Morgan fingerprint density at radius 3 is 2.30 bits per heavy atom. The van der Waals surface area contributed by atoms with Gasteiger partial charge in [-0.1, -0.05) is 43.5 Å². The summed E-state index contributed by atoms with van der Waals surface area (Å²) < 4.78 is 0. The molecule has 2 aliphatic rings. The number of nitrogens with zero attached hydrogens (tertiary/aromatic N) is 2. The average Bonchev–Trinajstić information content (AvgIpc) is 3.11. The van der Waals surface area contributed by atoms with Gasteiger partial charge in [-0.3, -0.25) is 9.59 Å². The summed E-state index contributed by atoms with van der Waals surface area (Å²) >= 11 is 0. The molecule has 0 atom stereocenters. The lowest BCUT2D eigenvalue weighted by molar-refractivity contribution is -0.120. The van der Waals surface area contributed by atoms with Crippen LogP contribution in [-0.2, 0) is 17.6 Å². The van der Waals surface area contributed by atoms with Crippen LogP contribution in [0.3, 0.4) is 0 Å². The van der Waals surface area contributed by atoms with Crippen molar-refractivity contribution in [3.63, 3.8) is 0 Å². The number of fused-ring (bicyclic) bond motifs is 1. The molecule has 1 fully saturated rings. The van der Waals surface area contributed by atoms with Gasteiger partial charge in [0, 0.05) is 24.4 Å². The number of hydrogen-bond acceptors (Lipinski definition) is 4. The van der Waals surface area contributed by atoms with Crippen LogP contribution in [-0.4, -0.2) is 27.8 Å². The first-order valence-corrected chi connectivity index (χ1v) is 9.70. The van der Waals surface area contributed by atoms with Gasteiger partial charge in [0.15, 0.2) is 11.5 Å². The highest BCUT2D eigenvalue weighted by Crippen LogP contribution is 2.25. The zero-order valence-electron chi connectivity index (χ0n) is 15.3. The maximum absolute atomic E-state index is 12.8. The van der Waals surface area contributed by atoms with Crippen molar-refractivity contribution in [3.05, 3.63) is 53.5 Å². The van der Waals surface area contributed by atoms with Crippen LogP contribution in [0.2, 0.25) is 0 Å². The largest absolute Gasteiger partial charge is 0.347 e. The number of carbonyl (C=O) groups excluding carboxylic acids is 2. The van der Waals surface area contributed by atoms with E-state index in [-0.39, 0.29) is 35.3 Å². The fourth-order valence-corrected chi connectivity index (χ4v) is 4.09. The van der Waals surface area contributed by atoms with Crippen molar-refractivity contribution in [1.82, 2.24) is 15.3 Å². The van der Waals surface area contributed by atoms with Gasteiger partial charge in [-0.2, -0.15) is 0 Å². The minimum absolute atomic E-state index is 0.000925. The molecule has 2 aliphatic carbocycles. The molecule has 2 N–H and O–H groups in total. The number of carbonyl (C=O) groups is 2. The van der Waals surface area contributed by atoms with Gasteiger partial charge in [0.05, 0.1) is 0 Å². The van der Waals surface area contributed by atoms with Gasteiger partial charge in [0.2, 0.25) is 5.91 Å². The third-order valence-corrected chi connectivity index (χ3v) is 5.52. The average molecular weight is 364 g/mol. The lowest BCUT2D eigenvalue weighted by atomic mass is 9.89. The molecule has 140 valence electrons. The van der Waals surface area contributed by atoms with E-state index in [0.717, 1.165) is 38.5 Å². The normalized spacial score (nSPS) is 17.3. The quantitative estimate of drug-likeness (QED) is 0.874. The highest BCUT2D eigenvalue weighted by atomic mass is 16.2. The smallest absolute Gasteiger partial charge is 0.273 e. The van der Waals surface area contributed by atoms with Crippen molar-refractivity contribution >= 4 is 17.6 Å². The van der Waals surface area contributed by atoms with Gasteiger partial charge in [0.1, 0.15) is 0 Å². The molecular formula is C21H24N4O2. The number of hydrogen-bond donors (Lipinski definition) is 2. The Morgan fingerprint density at radius 1 is 0.926 bits per heavy atom. The Bertz CT molecular complexity index is 821. The maximum atomic E-state index is 12.8. The van der Waals surface area contributed by atoms with Crippen LogP contribution in [0.15, 0.2) is 36.7 Å². The second-order valence-corrected chi connectivity index (χ2v) is 7.43. The third-order valence-electron chi connectivity index (χ3n) is 5.52. The van der Waals surface area contributed by atoms with Crippen molar-refractivity contribution < 1.29 is 9.59 Å². The van der Waals surface area contributed by atoms with Crippen molar-refractivity contribution in [2.45, 2.75) is 51.0 Å². The molecule has 0 unspecified atom stereocenters. The van der Waals surface area contributed by atoms with Gasteiger partial charge >= 0.3 is 0 Å². The molecule has 1 aromatic heterocycles. The Kier molecular flexibility index (Phi) is 5.14. The Balaban J connectivity index is 1.43. The third kappa shape index (κ3) is 3.99. The molecule has 27 heavy (non-hydrogen) atoms. The molecular weight excluding hydrogens is 340 g/mol. The van der Waals surface area contributed by atoms with Crippen LogP contribution in [0.4, 0.5) is 5.82 Å². The highest BCUT2D eigenvalue weighted by Gasteiger charge is 2.26. The van der Waals surface area contributed by atoms with E-state index in [1.54, 1.807) is 0 Å². The van der Waals surface area contributed by atoms with Crippen LogP contribution in [0, 0.1) is 5.92 Å². The van der Waals surface area contributed by atoms with E-state index in [1.165, 1.54) is 29.9 Å². The summed E-state index contributed by atoms with van der Waals surface area (Å²) in [4.78, 5) is 33.7. The number of anilines is 1. The molecule has 1 saturated carbocycles. The van der Waals surface area contributed by atoms with Crippen LogP contribution in [0.25, 0.3) is 0 Å². The second kappa shape index (κ2) is 7.86. The molecule has 0 aliphatic heterocycles. The van der Waals surface area contributed by atoms with Crippen molar-refractivity contribution in [3.8, 4) is 0 Å². The van der Waals surface area contributed by atoms with Crippen LogP contribution in [0.5, 0.6) is 0 Å². The maximum Gasteiger partial charge on any atom is 0.273 e. The van der Waals surface area contributed by atoms with Crippen molar-refractivity contribution in [2.24, 2.45) is 5.92 Å². The molecule has 1 aromatic carbocycles. The molecule has 4 rings (SSSR count). The molecule has 2 aromatic rings. The van der Waals surface area contributed by atoms with Gasteiger partial charge in [-0.25, -0.2) is 9.97 Å². The summed E-state index contributed by atoms with van der Waals surface area (Å²) in [5.41, 5.74) is 2.72.